The van der Waals surface area contributed by atoms with Crippen LogP contribution < -0.4 is 15.4 Å². The Kier molecular flexibility index (Phi) is 8.81. The van der Waals surface area contributed by atoms with Crippen LogP contribution in [0.15, 0.2) is 70.0 Å². The highest BCUT2D eigenvalue weighted by molar-refractivity contribution is 8.27. The fourth-order valence-corrected chi connectivity index (χ4v) is 5.19. The van der Waals surface area contributed by atoms with Gasteiger partial charge in [-0.25, -0.2) is 0 Å². The SMILES string of the molecule is CCN(CC)CCCOc1ccc(N2C(=O)/C(=C/c3ccc(-c4ccc(C(N)=O)cc4)o3)SC2=S)cc1. The van der Waals surface area contributed by atoms with E-state index in [1.165, 1.54) is 16.7 Å². The molecule has 0 atom stereocenters. The fourth-order valence-electron chi connectivity index (χ4n) is 3.91. The largest absolute Gasteiger partial charge is 0.494 e. The van der Waals surface area contributed by atoms with E-state index in [-0.39, 0.29) is 5.91 Å². The van der Waals surface area contributed by atoms with Gasteiger partial charge in [0.25, 0.3) is 5.91 Å². The molecule has 3 aromatic rings. The summed E-state index contributed by atoms with van der Waals surface area (Å²) in [7, 11) is 0. The number of amides is 2. The lowest BCUT2D eigenvalue weighted by atomic mass is 10.1. The topological polar surface area (TPSA) is 89.0 Å². The van der Waals surface area contributed by atoms with Crippen molar-refractivity contribution in [3.05, 3.63) is 76.9 Å². The highest BCUT2D eigenvalue weighted by atomic mass is 32.2. The summed E-state index contributed by atoms with van der Waals surface area (Å²) in [6, 6.07) is 17.8. The second kappa shape index (κ2) is 12.2. The lowest BCUT2D eigenvalue weighted by Crippen LogP contribution is -2.27. The van der Waals surface area contributed by atoms with Gasteiger partial charge in [0.1, 0.15) is 17.3 Å². The summed E-state index contributed by atoms with van der Waals surface area (Å²) in [5, 5.41) is 0. The molecule has 2 heterocycles. The second-order valence-corrected chi connectivity index (χ2v) is 10.1. The van der Waals surface area contributed by atoms with Crippen LogP contribution in [0.4, 0.5) is 5.69 Å². The number of nitrogens with zero attached hydrogens (tertiary/aromatic N) is 2. The molecule has 2 N–H and O–H groups in total. The first kappa shape index (κ1) is 26.7. The Morgan fingerprint density at radius 1 is 1.08 bits per heavy atom. The predicted molar refractivity (Wildman–Crippen MR) is 153 cm³/mol. The van der Waals surface area contributed by atoms with E-state index >= 15 is 0 Å². The van der Waals surface area contributed by atoms with Crippen molar-refractivity contribution in [3.63, 3.8) is 0 Å². The zero-order valence-corrected chi connectivity index (χ0v) is 22.4. The van der Waals surface area contributed by atoms with E-state index in [1.807, 2.05) is 30.3 Å². The number of primary amides is 1. The smallest absolute Gasteiger partial charge is 0.270 e. The molecule has 0 unspecified atom stereocenters. The average Bonchev–Trinajstić information content (AvgIpc) is 3.48. The molecule has 1 fully saturated rings. The third kappa shape index (κ3) is 6.49. The third-order valence-corrected chi connectivity index (χ3v) is 7.33. The van der Waals surface area contributed by atoms with Crippen molar-refractivity contribution in [2.75, 3.05) is 31.1 Å². The fraction of sp³-hybridized carbons (Fsp3) is 0.250. The van der Waals surface area contributed by atoms with Crippen LogP contribution in [0.1, 0.15) is 36.4 Å². The minimum absolute atomic E-state index is 0.202. The summed E-state index contributed by atoms with van der Waals surface area (Å²) in [5.41, 5.74) is 7.21. The summed E-state index contributed by atoms with van der Waals surface area (Å²) >= 11 is 6.73. The van der Waals surface area contributed by atoms with Gasteiger partial charge in [-0.3, -0.25) is 14.5 Å². The molecule has 4 rings (SSSR count). The molecule has 37 heavy (non-hydrogen) atoms. The minimum Gasteiger partial charge on any atom is -0.494 e. The molecule has 9 heteroatoms. The Morgan fingerprint density at radius 2 is 1.78 bits per heavy atom. The maximum atomic E-state index is 13.1. The summed E-state index contributed by atoms with van der Waals surface area (Å²) in [4.78, 5) is 28.8. The Bertz CT molecular complexity index is 1300. The highest BCUT2D eigenvalue weighted by Crippen LogP contribution is 2.37. The van der Waals surface area contributed by atoms with Crippen LogP contribution in [-0.2, 0) is 4.79 Å². The Labute approximate surface area is 226 Å². The van der Waals surface area contributed by atoms with Crippen LogP contribution in [0.2, 0.25) is 0 Å². The average molecular weight is 536 g/mol. The standard InChI is InChI=1S/C28H29N3O4S2/c1-3-30(4-2)16-5-17-34-22-12-10-21(11-13-22)31-27(33)25(37-28(31)36)18-23-14-15-24(35-23)19-6-8-20(9-7-19)26(29)32/h6-15,18H,3-5,16-17H2,1-2H3,(H2,29,32)/b25-18-. The van der Waals surface area contributed by atoms with Gasteiger partial charge in [0, 0.05) is 23.7 Å². The van der Waals surface area contributed by atoms with Crippen molar-refractivity contribution in [2.45, 2.75) is 20.3 Å². The molecule has 1 aliphatic heterocycles. The van der Waals surface area contributed by atoms with Crippen molar-refractivity contribution < 1.29 is 18.7 Å². The van der Waals surface area contributed by atoms with Gasteiger partial charge in [-0.05, 0) is 68.0 Å². The van der Waals surface area contributed by atoms with Crippen LogP contribution in [0.5, 0.6) is 5.75 Å². The number of benzene rings is 2. The van der Waals surface area contributed by atoms with Crippen molar-refractivity contribution in [2.24, 2.45) is 5.73 Å². The number of thiocarbonyl (C=S) groups is 1. The van der Waals surface area contributed by atoms with Gasteiger partial charge in [-0.2, -0.15) is 0 Å². The number of hydrogen-bond acceptors (Lipinski definition) is 7. The minimum atomic E-state index is -0.484. The van der Waals surface area contributed by atoms with Gasteiger partial charge in [0.15, 0.2) is 4.32 Å². The number of rotatable bonds is 11. The van der Waals surface area contributed by atoms with Crippen molar-refractivity contribution >= 4 is 51.9 Å². The van der Waals surface area contributed by atoms with Crippen LogP contribution in [0.3, 0.4) is 0 Å². The van der Waals surface area contributed by atoms with Crippen LogP contribution in [0.25, 0.3) is 17.4 Å². The molecular formula is C28H29N3O4S2. The molecule has 1 saturated heterocycles. The second-order valence-electron chi connectivity index (χ2n) is 8.38. The Morgan fingerprint density at radius 3 is 2.43 bits per heavy atom. The zero-order valence-electron chi connectivity index (χ0n) is 20.8. The molecule has 0 bridgehead atoms. The zero-order chi connectivity index (χ0) is 26.4. The van der Waals surface area contributed by atoms with Gasteiger partial charge in [-0.15, -0.1) is 0 Å². The van der Waals surface area contributed by atoms with Crippen LogP contribution in [-0.4, -0.2) is 47.3 Å². The number of furan rings is 1. The Hall–Kier alpha value is -3.40. The number of anilines is 1. The Balaban J connectivity index is 1.39. The molecule has 192 valence electrons. The monoisotopic (exact) mass is 535 g/mol. The van der Waals surface area contributed by atoms with Crippen molar-refractivity contribution in [3.8, 4) is 17.1 Å². The quantitative estimate of drug-likeness (QED) is 0.195. The number of carbonyl (C=O) groups excluding carboxylic acids is 2. The summed E-state index contributed by atoms with van der Waals surface area (Å²) < 4.78 is 12.2. The van der Waals surface area contributed by atoms with Crippen LogP contribution >= 0.6 is 24.0 Å². The number of nitrogens with two attached hydrogens (primary N) is 1. The van der Waals surface area contributed by atoms with Gasteiger partial charge >= 0.3 is 0 Å². The maximum absolute atomic E-state index is 13.1. The van der Waals surface area contributed by atoms with E-state index in [2.05, 4.69) is 18.7 Å². The molecule has 7 nitrogen and oxygen atoms in total. The van der Waals surface area contributed by atoms with E-state index in [9.17, 15) is 9.59 Å². The van der Waals surface area contributed by atoms with E-state index < -0.39 is 5.91 Å². The van der Waals surface area contributed by atoms with E-state index in [4.69, 9.17) is 27.1 Å². The van der Waals surface area contributed by atoms with E-state index in [1.54, 1.807) is 36.4 Å². The third-order valence-electron chi connectivity index (χ3n) is 6.02. The summed E-state index contributed by atoms with van der Waals surface area (Å²) in [5.74, 6) is 1.22. The van der Waals surface area contributed by atoms with Gasteiger partial charge in [0.2, 0.25) is 5.91 Å². The first-order valence-electron chi connectivity index (χ1n) is 12.1. The van der Waals surface area contributed by atoms with Gasteiger partial charge < -0.3 is 19.8 Å². The van der Waals surface area contributed by atoms with Crippen molar-refractivity contribution in [1.29, 1.82) is 0 Å². The van der Waals surface area contributed by atoms with Gasteiger partial charge in [-0.1, -0.05) is 50.0 Å². The molecule has 1 aliphatic rings. The highest BCUT2D eigenvalue weighted by Gasteiger charge is 2.33. The molecule has 0 saturated carbocycles. The lowest BCUT2D eigenvalue weighted by Gasteiger charge is -2.18. The van der Waals surface area contributed by atoms with Crippen LogP contribution in [0, 0.1) is 0 Å². The first-order valence-corrected chi connectivity index (χ1v) is 13.3. The summed E-state index contributed by atoms with van der Waals surface area (Å²) in [6.45, 7) is 8.04. The summed E-state index contributed by atoms with van der Waals surface area (Å²) in [6.07, 6.45) is 2.64. The number of ether oxygens (including phenoxy) is 1. The number of hydrogen-bond donors (Lipinski definition) is 1. The maximum Gasteiger partial charge on any atom is 0.270 e. The molecule has 1 aromatic heterocycles. The normalized spacial score (nSPS) is 14.7. The van der Waals surface area contributed by atoms with Crippen molar-refractivity contribution in [1.82, 2.24) is 4.90 Å². The molecule has 0 radical (unpaired) electrons. The number of carbonyl (C=O) groups is 2. The lowest BCUT2D eigenvalue weighted by molar-refractivity contribution is -0.113. The van der Waals surface area contributed by atoms with Gasteiger partial charge in [0.05, 0.1) is 17.2 Å². The molecule has 0 spiro atoms. The molecular weight excluding hydrogens is 506 g/mol. The first-order chi connectivity index (χ1) is 17.9. The molecule has 2 amide bonds. The van der Waals surface area contributed by atoms with E-state index in [0.717, 1.165) is 37.4 Å². The molecule has 0 aliphatic carbocycles. The molecule has 2 aromatic carbocycles. The number of thioether (sulfide) groups is 1. The van der Waals surface area contributed by atoms with E-state index in [0.29, 0.717) is 38.6 Å². The predicted octanol–water partition coefficient (Wildman–Crippen LogP) is 5.56.